The number of carbonyl (C=O) groups excluding carboxylic acids is 1. The molecule has 19 heavy (non-hydrogen) atoms. The third kappa shape index (κ3) is 5.41. The van der Waals surface area contributed by atoms with E-state index in [1.165, 1.54) is 18.2 Å². The highest BCUT2D eigenvalue weighted by atomic mass is 35.5. The molecule has 0 heterocycles. The molecule has 1 rings (SSSR count). The van der Waals surface area contributed by atoms with Crippen molar-refractivity contribution in [3.8, 4) is 0 Å². The maximum absolute atomic E-state index is 12.9. The molecule has 104 valence electrons. The van der Waals surface area contributed by atoms with Crippen molar-refractivity contribution < 1.29 is 9.18 Å². The Hall–Kier alpha value is -1.39. The highest BCUT2D eigenvalue weighted by Gasteiger charge is 2.11. The van der Waals surface area contributed by atoms with Gasteiger partial charge in [-0.25, -0.2) is 4.39 Å². The normalized spacial score (nSPS) is 10.6. The van der Waals surface area contributed by atoms with Gasteiger partial charge < -0.3 is 5.32 Å². The molecule has 0 spiro atoms. The second kappa shape index (κ2) is 7.26. The van der Waals surface area contributed by atoms with E-state index in [1.54, 1.807) is 0 Å². The smallest absolute Gasteiger partial charge is 0.238 e. The number of rotatable bonds is 6. The van der Waals surface area contributed by atoms with Gasteiger partial charge in [0.1, 0.15) is 5.82 Å². The summed E-state index contributed by atoms with van der Waals surface area (Å²) in [6.45, 7) is 9.37. The number of carbonyl (C=O) groups is 1. The van der Waals surface area contributed by atoms with Gasteiger partial charge in [-0.3, -0.25) is 9.69 Å². The van der Waals surface area contributed by atoms with Crippen LogP contribution in [0.2, 0.25) is 5.02 Å². The lowest BCUT2D eigenvalue weighted by atomic mass is 10.3. The second-order valence-corrected chi connectivity index (χ2v) is 4.84. The lowest BCUT2D eigenvalue weighted by Crippen LogP contribution is -2.34. The first-order valence-electron chi connectivity index (χ1n) is 6.04. The molecule has 0 bridgehead atoms. The zero-order chi connectivity index (χ0) is 14.4. The molecular weight excluding hydrogens is 267 g/mol. The first-order chi connectivity index (χ1) is 8.92. The fourth-order valence-electron chi connectivity index (χ4n) is 1.64. The molecule has 0 aromatic heterocycles. The first-order valence-corrected chi connectivity index (χ1v) is 6.41. The van der Waals surface area contributed by atoms with Crippen LogP contribution in [0.1, 0.15) is 13.8 Å². The molecule has 0 aliphatic heterocycles. The van der Waals surface area contributed by atoms with Crippen LogP contribution in [0.15, 0.2) is 30.4 Å². The molecular formula is C14H18ClFN2O. The number of nitrogens with one attached hydrogen (secondary N) is 1. The quantitative estimate of drug-likeness (QED) is 0.813. The van der Waals surface area contributed by atoms with Crippen LogP contribution in [0.3, 0.4) is 0 Å². The third-order valence-electron chi connectivity index (χ3n) is 2.51. The molecule has 0 fully saturated rings. The van der Waals surface area contributed by atoms with Crippen LogP contribution in [0.5, 0.6) is 0 Å². The predicted octanol–water partition coefficient (Wildman–Crippen LogP) is 3.32. The summed E-state index contributed by atoms with van der Waals surface area (Å²) in [5, 5.41) is 2.86. The largest absolute Gasteiger partial charge is 0.324 e. The van der Waals surface area contributed by atoms with E-state index >= 15 is 0 Å². The molecule has 1 aromatic rings. The summed E-state index contributed by atoms with van der Waals surface area (Å²) in [4.78, 5) is 13.8. The molecule has 1 aromatic carbocycles. The first kappa shape index (κ1) is 15.7. The molecule has 0 saturated heterocycles. The van der Waals surface area contributed by atoms with Gasteiger partial charge in [0, 0.05) is 6.54 Å². The van der Waals surface area contributed by atoms with Crippen molar-refractivity contribution in [2.45, 2.75) is 13.8 Å². The van der Waals surface area contributed by atoms with Gasteiger partial charge in [0.25, 0.3) is 0 Å². The Morgan fingerprint density at radius 2 is 2.16 bits per heavy atom. The monoisotopic (exact) mass is 284 g/mol. The predicted molar refractivity (Wildman–Crippen MR) is 77.0 cm³/mol. The molecule has 0 aliphatic carbocycles. The van der Waals surface area contributed by atoms with Crippen LogP contribution < -0.4 is 5.32 Å². The van der Waals surface area contributed by atoms with E-state index in [-0.39, 0.29) is 17.5 Å². The van der Waals surface area contributed by atoms with Crippen LogP contribution in [-0.4, -0.2) is 30.4 Å². The van der Waals surface area contributed by atoms with Gasteiger partial charge in [0.2, 0.25) is 5.91 Å². The van der Waals surface area contributed by atoms with E-state index in [2.05, 4.69) is 11.9 Å². The minimum Gasteiger partial charge on any atom is -0.324 e. The van der Waals surface area contributed by atoms with Crippen LogP contribution in [0, 0.1) is 5.82 Å². The molecule has 0 unspecified atom stereocenters. The Labute approximate surface area is 118 Å². The van der Waals surface area contributed by atoms with Gasteiger partial charge >= 0.3 is 0 Å². The summed E-state index contributed by atoms with van der Waals surface area (Å²) < 4.78 is 12.9. The number of benzene rings is 1. The van der Waals surface area contributed by atoms with E-state index in [4.69, 9.17) is 11.6 Å². The molecule has 3 nitrogen and oxygen atoms in total. The average molecular weight is 285 g/mol. The summed E-state index contributed by atoms with van der Waals surface area (Å²) in [6, 6.07) is 3.88. The van der Waals surface area contributed by atoms with Gasteiger partial charge in [0.05, 0.1) is 17.3 Å². The highest BCUT2D eigenvalue weighted by molar-refractivity contribution is 6.33. The third-order valence-corrected chi connectivity index (χ3v) is 2.83. The van der Waals surface area contributed by atoms with Crippen molar-refractivity contribution >= 4 is 23.2 Å². The summed E-state index contributed by atoms with van der Waals surface area (Å²) >= 11 is 5.85. The number of likely N-dealkylation sites (N-methyl/N-ethyl adjacent to an activating group) is 1. The number of anilines is 1. The fourth-order valence-corrected chi connectivity index (χ4v) is 1.86. The van der Waals surface area contributed by atoms with E-state index in [0.29, 0.717) is 12.2 Å². The highest BCUT2D eigenvalue weighted by Crippen LogP contribution is 2.22. The average Bonchev–Trinajstić information content (AvgIpc) is 2.31. The van der Waals surface area contributed by atoms with Gasteiger partial charge in [-0.2, -0.15) is 0 Å². The minimum absolute atomic E-state index is 0.184. The lowest BCUT2D eigenvalue weighted by Gasteiger charge is -2.19. The molecule has 0 atom stereocenters. The van der Waals surface area contributed by atoms with Gasteiger partial charge in [-0.05, 0) is 31.7 Å². The van der Waals surface area contributed by atoms with E-state index in [1.807, 2.05) is 18.7 Å². The summed E-state index contributed by atoms with van der Waals surface area (Å²) in [5.41, 5.74) is 1.41. The molecule has 1 N–H and O–H groups in total. The van der Waals surface area contributed by atoms with Gasteiger partial charge in [-0.1, -0.05) is 30.7 Å². The Bertz CT molecular complexity index is 477. The molecule has 1 amide bonds. The van der Waals surface area contributed by atoms with Gasteiger partial charge in [0.15, 0.2) is 0 Å². The topological polar surface area (TPSA) is 32.3 Å². The second-order valence-electron chi connectivity index (χ2n) is 4.43. The minimum atomic E-state index is -0.430. The van der Waals surface area contributed by atoms with E-state index in [9.17, 15) is 9.18 Å². The Morgan fingerprint density at radius 3 is 2.68 bits per heavy atom. The summed E-state index contributed by atoms with van der Waals surface area (Å²) in [6.07, 6.45) is 0. The number of hydrogen-bond donors (Lipinski definition) is 1. The molecule has 0 saturated carbocycles. The van der Waals surface area contributed by atoms with E-state index in [0.717, 1.165) is 12.1 Å². The van der Waals surface area contributed by atoms with E-state index < -0.39 is 5.82 Å². The van der Waals surface area contributed by atoms with Crippen LogP contribution in [0.25, 0.3) is 0 Å². The SMILES string of the molecule is C=C(C)CN(CC)CC(=O)Nc1ccc(F)cc1Cl. The maximum Gasteiger partial charge on any atom is 0.238 e. The zero-order valence-corrected chi connectivity index (χ0v) is 11.9. The van der Waals surface area contributed by atoms with Crippen molar-refractivity contribution in [1.29, 1.82) is 0 Å². The maximum atomic E-state index is 12.9. The van der Waals surface area contributed by atoms with Crippen molar-refractivity contribution in [3.05, 3.63) is 41.2 Å². The van der Waals surface area contributed by atoms with Crippen LogP contribution >= 0.6 is 11.6 Å². The van der Waals surface area contributed by atoms with Gasteiger partial charge in [-0.15, -0.1) is 0 Å². The number of nitrogens with zero attached hydrogens (tertiary/aromatic N) is 1. The Kier molecular flexibility index (Phi) is 5.99. The van der Waals surface area contributed by atoms with Crippen molar-refractivity contribution in [1.82, 2.24) is 4.90 Å². The van der Waals surface area contributed by atoms with Crippen LogP contribution in [-0.2, 0) is 4.79 Å². The summed E-state index contributed by atoms with van der Waals surface area (Å²) in [7, 11) is 0. The van der Waals surface area contributed by atoms with Crippen LogP contribution in [0.4, 0.5) is 10.1 Å². The zero-order valence-electron chi connectivity index (χ0n) is 11.2. The Morgan fingerprint density at radius 1 is 1.47 bits per heavy atom. The number of halogens is 2. The number of amides is 1. The van der Waals surface area contributed by atoms with Crippen molar-refractivity contribution in [3.63, 3.8) is 0 Å². The number of hydrogen-bond acceptors (Lipinski definition) is 2. The van der Waals surface area contributed by atoms with Crippen molar-refractivity contribution in [2.75, 3.05) is 25.0 Å². The molecule has 0 aliphatic rings. The standard InChI is InChI=1S/C14H18ClFN2O/c1-4-18(8-10(2)3)9-14(19)17-13-6-5-11(16)7-12(13)15/h5-7H,2,4,8-9H2,1,3H3,(H,17,19). The van der Waals surface area contributed by atoms with Crippen molar-refractivity contribution in [2.24, 2.45) is 0 Å². The molecule has 0 radical (unpaired) electrons. The lowest BCUT2D eigenvalue weighted by molar-refractivity contribution is -0.117. The Balaban J connectivity index is 2.61. The molecule has 5 heteroatoms. The fraction of sp³-hybridized carbons (Fsp3) is 0.357. The summed E-state index contributed by atoms with van der Waals surface area (Å²) in [5.74, 6) is -0.614.